The first kappa shape index (κ1) is 25.3. The number of H-pyrrole nitrogens is 1. The second kappa shape index (κ2) is 10.2. The third kappa shape index (κ3) is 5.62. The van der Waals surface area contributed by atoms with E-state index in [0.717, 1.165) is 28.3 Å². The van der Waals surface area contributed by atoms with Gasteiger partial charge < -0.3 is 20.8 Å². The lowest BCUT2D eigenvalue weighted by atomic mass is 9.92. The molecule has 0 aliphatic heterocycles. The van der Waals surface area contributed by atoms with Gasteiger partial charge in [0.25, 0.3) is 0 Å². The third-order valence-electron chi connectivity index (χ3n) is 5.69. The molecule has 0 aliphatic rings. The van der Waals surface area contributed by atoms with Crippen molar-refractivity contribution in [2.75, 3.05) is 17.3 Å². The van der Waals surface area contributed by atoms with E-state index in [0.29, 0.717) is 34.4 Å². The molecular weight excluding hydrogens is 498 g/mol. The van der Waals surface area contributed by atoms with Gasteiger partial charge in [-0.2, -0.15) is 10.1 Å². The normalized spacial score (nSPS) is 11.5. The average molecular weight is 528 g/mol. The number of ether oxygens (including phenoxy) is 1. The van der Waals surface area contributed by atoms with Gasteiger partial charge in [-0.05, 0) is 55.1 Å². The monoisotopic (exact) mass is 527 g/mol. The summed E-state index contributed by atoms with van der Waals surface area (Å²) in [5.41, 5.74) is 9.67. The summed E-state index contributed by atoms with van der Waals surface area (Å²) in [5, 5.41) is 17.4. The van der Waals surface area contributed by atoms with Crippen LogP contribution in [0.4, 0.5) is 17.6 Å². The summed E-state index contributed by atoms with van der Waals surface area (Å²) in [5.74, 6) is 3.29. The zero-order chi connectivity index (χ0) is 26.9. The molecule has 0 saturated carbocycles. The molecule has 0 spiro atoms. The first-order valence-electron chi connectivity index (χ1n) is 12.0. The van der Waals surface area contributed by atoms with Gasteiger partial charge in [-0.1, -0.05) is 44.7 Å². The Morgan fingerprint density at radius 1 is 1.00 bits per heavy atom. The highest BCUT2D eigenvalue weighted by molar-refractivity contribution is 7.98. The van der Waals surface area contributed by atoms with Crippen molar-refractivity contribution < 1.29 is 4.74 Å². The Morgan fingerprint density at radius 2 is 1.79 bits per heavy atom. The molecule has 38 heavy (non-hydrogen) atoms. The average Bonchev–Trinajstić information content (AvgIpc) is 3.52. The van der Waals surface area contributed by atoms with Gasteiger partial charge in [0.1, 0.15) is 17.4 Å². The van der Waals surface area contributed by atoms with Crippen molar-refractivity contribution in [2.45, 2.75) is 38.3 Å². The second-order valence-electron chi connectivity index (χ2n) is 9.81. The molecule has 0 saturated heterocycles. The van der Waals surface area contributed by atoms with E-state index in [1.165, 1.54) is 11.8 Å². The number of nitrogens with zero attached hydrogens (tertiary/aromatic N) is 6. The molecule has 3 heterocycles. The van der Waals surface area contributed by atoms with Gasteiger partial charge in [0, 0.05) is 23.1 Å². The zero-order valence-corrected chi connectivity index (χ0v) is 22.7. The van der Waals surface area contributed by atoms with Crippen LogP contribution in [0.2, 0.25) is 0 Å². The fourth-order valence-electron chi connectivity index (χ4n) is 3.73. The molecule has 0 radical (unpaired) electrons. The van der Waals surface area contributed by atoms with Crippen molar-refractivity contribution in [3.8, 4) is 28.7 Å². The fourth-order valence-corrected chi connectivity index (χ4v) is 4.11. The third-order valence-corrected chi connectivity index (χ3v) is 6.24. The second-order valence-corrected chi connectivity index (χ2v) is 10.6. The molecule has 0 atom stereocenters. The number of aromatic nitrogens is 7. The predicted octanol–water partition coefficient (Wildman–Crippen LogP) is 5.89. The van der Waals surface area contributed by atoms with E-state index in [1.807, 2.05) is 53.4 Å². The van der Waals surface area contributed by atoms with E-state index in [4.69, 9.17) is 15.6 Å². The van der Waals surface area contributed by atoms with Crippen molar-refractivity contribution in [1.82, 2.24) is 34.9 Å². The maximum absolute atomic E-state index is 5.86. The van der Waals surface area contributed by atoms with Crippen LogP contribution in [0.5, 0.6) is 11.6 Å². The highest BCUT2D eigenvalue weighted by atomic mass is 32.2. The standard InChI is InChI=1S/C27H29N9OS/c1-16-7-6-8-18(13-16)36-22(14-20(35-36)27(2,3)4)30-25-32-24(33-34-25)17-9-11-19(12-10-17)37-23-15-21(28)29-26(31-23)38-5/h6-15H,1-5H3,(H2,28,29,31)(H2,30,32,33,34). The first-order valence-corrected chi connectivity index (χ1v) is 13.2. The topological polar surface area (TPSA) is 132 Å². The molecule has 5 aromatic rings. The molecule has 4 N–H and O–H groups in total. The summed E-state index contributed by atoms with van der Waals surface area (Å²) in [4.78, 5) is 11.7. The summed E-state index contributed by atoms with van der Waals surface area (Å²) < 4.78 is 7.75. The molecule has 0 fully saturated rings. The van der Waals surface area contributed by atoms with E-state index in [9.17, 15) is 0 Å². The van der Waals surface area contributed by atoms with Crippen molar-refractivity contribution in [1.29, 1.82) is 0 Å². The smallest absolute Gasteiger partial charge is 0.227 e. The first-order chi connectivity index (χ1) is 18.2. The number of benzene rings is 2. The lowest BCUT2D eigenvalue weighted by Crippen LogP contribution is -2.12. The van der Waals surface area contributed by atoms with Crippen molar-refractivity contribution in [3.05, 3.63) is 71.9 Å². The lowest BCUT2D eigenvalue weighted by Gasteiger charge is -2.14. The fraction of sp³-hybridized carbons (Fsp3) is 0.222. The number of hydrogen-bond acceptors (Lipinski definition) is 9. The highest BCUT2D eigenvalue weighted by Gasteiger charge is 2.21. The summed E-state index contributed by atoms with van der Waals surface area (Å²) in [6.45, 7) is 8.48. The zero-order valence-electron chi connectivity index (χ0n) is 21.9. The van der Waals surface area contributed by atoms with Gasteiger partial charge in [0.2, 0.25) is 11.8 Å². The van der Waals surface area contributed by atoms with Gasteiger partial charge in [-0.25, -0.2) is 9.67 Å². The molecule has 2 aromatic carbocycles. The molecule has 10 nitrogen and oxygen atoms in total. The maximum Gasteiger partial charge on any atom is 0.227 e. The number of nitrogen functional groups attached to an aromatic ring is 1. The predicted molar refractivity (Wildman–Crippen MR) is 150 cm³/mol. The maximum atomic E-state index is 5.86. The molecule has 5 rings (SSSR count). The molecule has 0 amide bonds. The SMILES string of the molecule is CSc1nc(N)cc(Oc2ccc(-c3nnc(Nc4cc(C(C)(C)C)nn4-c4cccc(C)c4)[nH]3)cc2)n1. The summed E-state index contributed by atoms with van der Waals surface area (Å²) in [6.07, 6.45) is 1.88. The number of aryl methyl sites for hydroxylation is 1. The summed E-state index contributed by atoms with van der Waals surface area (Å²) in [7, 11) is 0. The van der Waals surface area contributed by atoms with Gasteiger partial charge in [-0.15, -0.1) is 10.2 Å². The Labute approximate surface area is 225 Å². The number of nitrogens with one attached hydrogen (secondary N) is 2. The highest BCUT2D eigenvalue weighted by Crippen LogP contribution is 2.29. The Balaban J connectivity index is 1.36. The van der Waals surface area contributed by atoms with E-state index in [2.05, 4.69) is 70.3 Å². The van der Waals surface area contributed by atoms with Gasteiger partial charge in [0.15, 0.2) is 11.0 Å². The van der Waals surface area contributed by atoms with Crippen LogP contribution in [-0.4, -0.2) is 41.2 Å². The number of aromatic amines is 1. The van der Waals surface area contributed by atoms with E-state index < -0.39 is 0 Å². The number of anilines is 3. The van der Waals surface area contributed by atoms with E-state index >= 15 is 0 Å². The van der Waals surface area contributed by atoms with Crippen LogP contribution in [-0.2, 0) is 5.41 Å². The van der Waals surface area contributed by atoms with E-state index in [-0.39, 0.29) is 5.41 Å². The molecular formula is C27H29N9OS. The van der Waals surface area contributed by atoms with Crippen LogP contribution in [0.1, 0.15) is 32.0 Å². The van der Waals surface area contributed by atoms with Crippen molar-refractivity contribution in [3.63, 3.8) is 0 Å². The number of thioether (sulfide) groups is 1. The molecule has 3 aromatic heterocycles. The van der Waals surface area contributed by atoms with Crippen LogP contribution in [0, 0.1) is 6.92 Å². The molecule has 0 aliphatic carbocycles. The molecule has 0 bridgehead atoms. The Hall–Kier alpha value is -4.38. The van der Waals surface area contributed by atoms with Crippen molar-refractivity contribution in [2.24, 2.45) is 0 Å². The van der Waals surface area contributed by atoms with Crippen LogP contribution >= 0.6 is 11.8 Å². The Kier molecular flexibility index (Phi) is 6.77. The van der Waals surface area contributed by atoms with Gasteiger partial charge >= 0.3 is 0 Å². The van der Waals surface area contributed by atoms with Crippen LogP contribution < -0.4 is 15.8 Å². The largest absolute Gasteiger partial charge is 0.439 e. The van der Waals surface area contributed by atoms with Gasteiger partial charge in [0.05, 0.1) is 11.4 Å². The quantitative estimate of drug-likeness (QED) is 0.175. The molecule has 0 unspecified atom stereocenters. The summed E-state index contributed by atoms with van der Waals surface area (Å²) >= 11 is 1.40. The molecule has 194 valence electrons. The minimum absolute atomic E-state index is 0.115. The minimum Gasteiger partial charge on any atom is -0.439 e. The minimum atomic E-state index is -0.115. The van der Waals surface area contributed by atoms with E-state index in [1.54, 1.807) is 6.07 Å². The Morgan fingerprint density at radius 3 is 2.50 bits per heavy atom. The van der Waals surface area contributed by atoms with Crippen LogP contribution in [0.15, 0.2) is 65.8 Å². The lowest BCUT2D eigenvalue weighted by molar-refractivity contribution is 0.456. The number of rotatable bonds is 7. The number of nitrogens with two attached hydrogens (primary N) is 1. The van der Waals surface area contributed by atoms with Crippen LogP contribution in [0.25, 0.3) is 17.1 Å². The Bertz CT molecular complexity index is 1570. The number of hydrogen-bond donors (Lipinski definition) is 3. The van der Waals surface area contributed by atoms with Gasteiger partial charge in [-0.3, -0.25) is 0 Å². The van der Waals surface area contributed by atoms with Crippen molar-refractivity contribution >= 4 is 29.3 Å². The summed E-state index contributed by atoms with van der Waals surface area (Å²) in [6, 6.07) is 19.3. The molecule has 11 heteroatoms. The van der Waals surface area contributed by atoms with Crippen LogP contribution in [0.3, 0.4) is 0 Å².